The van der Waals surface area contributed by atoms with Gasteiger partial charge in [-0.2, -0.15) is 11.3 Å². The maximum Gasteiger partial charge on any atom is 0.299 e. The van der Waals surface area contributed by atoms with Crippen molar-refractivity contribution in [2.24, 2.45) is 0 Å². The van der Waals surface area contributed by atoms with Gasteiger partial charge >= 0.3 is 0 Å². The molecule has 0 unspecified atom stereocenters. The first-order valence-corrected chi connectivity index (χ1v) is 7.01. The molecule has 3 nitrogen and oxygen atoms in total. The standard InChI is InChI=1S/C15H13NO2S/c1-9-3-4-12-13(10(9)2)16(15(18)14(12)17)7-11-5-6-19-8-11/h3-6,8H,7H2,1-2H3. The van der Waals surface area contributed by atoms with E-state index in [1.165, 1.54) is 0 Å². The molecule has 0 bridgehead atoms. The molecule has 1 amide bonds. The van der Waals surface area contributed by atoms with Gasteiger partial charge in [0.2, 0.25) is 0 Å². The van der Waals surface area contributed by atoms with E-state index >= 15 is 0 Å². The number of fused-ring (bicyclic) bond motifs is 1. The summed E-state index contributed by atoms with van der Waals surface area (Å²) in [7, 11) is 0. The van der Waals surface area contributed by atoms with E-state index in [9.17, 15) is 9.59 Å². The predicted molar refractivity (Wildman–Crippen MR) is 75.8 cm³/mol. The van der Waals surface area contributed by atoms with Crippen LogP contribution in [0.4, 0.5) is 5.69 Å². The summed E-state index contributed by atoms with van der Waals surface area (Å²) >= 11 is 1.59. The molecule has 2 heterocycles. The van der Waals surface area contributed by atoms with E-state index in [0.29, 0.717) is 12.1 Å². The number of rotatable bonds is 2. The van der Waals surface area contributed by atoms with E-state index in [-0.39, 0.29) is 0 Å². The lowest BCUT2D eigenvalue weighted by molar-refractivity contribution is -0.114. The maximum absolute atomic E-state index is 12.1. The lowest BCUT2D eigenvalue weighted by atomic mass is 10.0. The summed E-state index contributed by atoms with van der Waals surface area (Å²) in [4.78, 5) is 25.7. The summed E-state index contributed by atoms with van der Waals surface area (Å²) in [5.74, 6) is -0.816. The van der Waals surface area contributed by atoms with Crippen LogP contribution in [0, 0.1) is 13.8 Å². The number of nitrogens with zero attached hydrogens (tertiary/aromatic N) is 1. The fraction of sp³-hybridized carbons (Fsp3) is 0.200. The third-order valence-corrected chi connectivity index (χ3v) is 4.31. The van der Waals surface area contributed by atoms with Gasteiger partial charge in [-0.05, 0) is 53.4 Å². The van der Waals surface area contributed by atoms with Gasteiger partial charge in [-0.3, -0.25) is 9.59 Å². The number of carbonyl (C=O) groups is 2. The molecule has 19 heavy (non-hydrogen) atoms. The molecule has 0 saturated heterocycles. The normalized spacial score (nSPS) is 14.1. The molecule has 1 aliphatic rings. The summed E-state index contributed by atoms with van der Waals surface area (Å²) in [6.45, 7) is 4.41. The number of hydrogen-bond donors (Lipinski definition) is 0. The lowest BCUT2D eigenvalue weighted by Gasteiger charge is -2.18. The van der Waals surface area contributed by atoms with Crippen LogP contribution in [0.3, 0.4) is 0 Å². The monoisotopic (exact) mass is 271 g/mol. The number of anilines is 1. The molecule has 1 aliphatic heterocycles. The van der Waals surface area contributed by atoms with E-state index in [2.05, 4.69) is 0 Å². The third-order valence-electron chi connectivity index (χ3n) is 3.58. The van der Waals surface area contributed by atoms with E-state index in [0.717, 1.165) is 22.4 Å². The van der Waals surface area contributed by atoms with Crippen molar-refractivity contribution in [3.8, 4) is 0 Å². The Morgan fingerprint density at radius 2 is 1.95 bits per heavy atom. The minimum Gasteiger partial charge on any atom is -0.300 e. The fourth-order valence-corrected chi connectivity index (χ4v) is 3.05. The maximum atomic E-state index is 12.1. The Bertz CT molecular complexity index is 674. The SMILES string of the molecule is Cc1ccc2c(c1C)N(Cc1ccsc1)C(=O)C2=O. The Labute approximate surface area is 115 Å². The smallest absolute Gasteiger partial charge is 0.299 e. The highest BCUT2D eigenvalue weighted by molar-refractivity contribution is 7.07. The van der Waals surface area contributed by atoms with Crippen LogP contribution in [-0.2, 0) is 11.3 Å². The molecule has 2 aromatic rings. The number of benzene rings is 1. The topological polar surface area (TPSA) is 37.4 Å². The van der Waals surface area contributed by atoms with Crippen molar-refractivity contribution in [1.29, 1.82) is 0 Å². The summed E-state index contributed by atoms with van der Waals surface area (Å²) in [6, 6.07) is 5.63. The second-order valence-corrected chi connectivity index (χ2v) is 5.54. The first kappa shape index (κ1) is 12.1. The van der Waals surface area contributed by atoms with Gasteiger partial charge in [-0.15, -0.1) is 0 Å². The average Bonchev–Trinajstić information content (AvgIpc) is 2.98. The minimum absolute atomic E-state index is 0.395. The molecule has 1 aromatic carbocycles. The summed E-state index contributed by atoms with van der Waals surface area (Å²) in [6.07, 6.45) is 0. The van der Waals surface area contributed by atoms with Crippen molar-refractivity contribution in [2.75, 3.05) is 4.90 Å². The number of carbonyl (C=O) groups excluding carboxylic acids is 2. The van der Waals surface area contributed by atoms with Crippen molar-refractivity contribution in [1.82, 2.24) is 0 Å². The molecule has 96 valence electrons. The van der Waals surface area contributed by atoms with Gasteiger partial charge in [0.25, 0.3) is 11.7 Å². The summed E-state index contributed by atoms with van der Waals surface area (Å²) < 4.78 is 0. The van der Waals surface area contributed by atoms with Crippen LogP contribution in [0.5, 0.6) is 0 Å². The Balaban J connectivity index is 2.10. The molecule has 3 rings (SSSR count). The molecule has 0 spiro atoms. The van der Waals surface area contributed by atoms with Crippen LogP contribution in [-0.4, -0.2) is 11.7 Å². The van der Waals surface area contributed by atoms with Gasteiger partial charge in [-0.25, -0.2) is 0 Å². The van der Waals surface area contributed by atoms with Gasteiger partial charge in [-0.1, -0.05) is 6.07 Å². The quantitative estimate of drug-likeness (QED) is 0.787. The number of hydrogen-bond acceptors (Lipinski definition) is 3. The zero-order valence-corrected chi connectivity index (χ0v) is 11.6. The van der Waals surface area contributed by atoms with Crippen LogP contribution >= 0.6 is 11.3 Å². The number of ketones is 1. The zero-order chi connectivity index (χ0) is 13.6. The highest BCUT2D eigenvalue weighted by Gasteiger charge is 2.37. The van der Waals surface area contributed by atoms with Gasteiger partial charge < -0.3 is 4.90 Å². The largest absolute Gasteiger partial charge is 0.300 e. The van der Waals surface area contributed by atoms with Crippen molar-refractivity contribution < 1.29 is 9.59 Å². The summed E-state index contributed by atoms with van der Waals surface area (Å²) in [5, 5.41) is 3.97. The van der Waals surface area contributed by atoms with Crippen LogP contribution < -0.4 is 4.90 Å². The number of Topliss-reactive ketones (excluding diaryl/α,β-unsaturated/α-hetero) is 1. The molecule has 0 N–H and O–H groups in total. The van der Waals surface area contributed by atoms with Crippen LogP contribution in [0.25, 0.3) is 0 Å². The third kappa shape index (κ3) is 1.79. The molecule has 0 saturated carbocycles. The first-order chi connectivity index (χ1) is 9.09. The Hall–Kier alpha value is -1.94. The van der Waals surface area contributed by atoms with Gasteiger partial charge in [0.05, 0.1) is 17.8 Å². The average molecular weight is 271 g/mol. The van der Waals surface area contributed by atoms with E-state index < -0.39 is 11.7 Å². The highest BCUT2D eigenvalue weighted by atomic mass is 32.1. The number of aryl methyl sites for hydroxylation is 1. The van der Waals surface area contributed by atoms with Gasteiger partial charge in [0.1, 0.15) is 0 Å². The molecule has 4 heteroatoms. The second kappa shape index (κ2) is 4.31. The molecule has 0 aliphatic carbocycles. The van der Waals surface area contributed by atoms with Gasteiger partial charge in [0, 0.05) is 0 Å². The van der Waals surface area contributed by atoms with Crippen LogP contribution in [0.15, 0.2) is 29.0 Å². The second-order valence-electron chi connectivity index (χ2n) is 4.76. The Kier molecular flexibility index (Phi) is 2.75. The first-order valence-electron chi connectivity index (χ1n) is 6.07. The minimum atomic E-state index is -0.421. The van der Waals surface area contributed by atoms with Crippen molar-refractivity contribution in [3.63, 3.8) is 0 Å². The van der Waals surface area contributed by atoms with Crippen LogP contribution in [0.2, 0.25) is 0 Å². The molecule has 0 radical (unpaired) electrons. The zero-order valence-electron chi connectivity index (χ0n) is 10.8. The predicted octanol–water partition coefficient (Wildman–Crippen LogP) is 3.09. The molecule has 0 fully saturated rings. The van der Waals surface area contributed by atoms with E-state index in [4.69, 9.17) is 0 Å². The van der Waals surface area contributed by atoms with E-state index in [1.54, 1.807) is 22.3 Å². The van der Waals surface area contributed by atoms with Crippen molar-refractivity contribution >= 4 is 28.7 Å². The molecule has 0 atom stereocenters. The number of amides is 1. The van der Waals surface area contributed by atoms with Crippen LogP contribution in [0.1, 0.15) is 27.0 Å². The summed E-state index contributed by atoms with van der Waals surface area (Å²) in [5.41, 5.74) is 4.47. The number of thiophene rings is 1. The van der Waals surface area contributed by atoms with Crippen molar-refractivity contribution in [2.45, 2.75) is 20.4 Å². The highest BCUT2D eigenvalue weighted by Crippen LogP contribution is 2.35. The molecular weight excluding hydrogens is 258 g/mol. The molecule has 1 aromatic heterocycles. The van der Waals surface area contributed by atoms with Gasteiger partial charge in [0.15, 0.2) is 0 Å². The Morgan fingerprint density at radius 1 is 1.16 bits per heavy atom. The Morgan fingerprint density at radius 3 is 2.63 bits per heavy atom. The molecular formula is C15H13NO2S. The lowest BCUT2D eigenvalue weighted by Crippen LogP contribution is -2.29. The van der Waals surface area contributed by atoms with E-state index in [1.807, 2.05) is 36.7 Å². The van der Waals surface area contributed by atoms with Crippen molar-refractivity contribution in [3.05, 3.63) is 51.2 Å². The fourth-order valence-electron chi connectivity index (χ4n) is 2.39.